The molecule has 0 spiro atoms. The minimum Gasteiger partial charge on any atom is -0.380 e. The zero-order valence-corrected chi connectivity index (χ0v) is 11.2. The first-order valence-electron chi connectivity index (χ1n) is 6.77. The molecule has 1 aromatic heterocycles. The lowest BCUT2D eigenvalue weighted by Crippen LogP contribution is -1.93. The Bertz CT molecular complexity index is 627. The number of aromatic nitrogens is 1. The SMILES string of the molecule is Nc1noc(C2C3CCCC32)c1-c1ccccc1Cl. The van der Waals surface area contributed by atoms with E-state index in [1.807, 2.05) is 24.3 Å². The Morgan fingerprint density at radius 3 is 2.68 bits per heavy atom. The summed E-state index contributed by atoms with van der Waals surface area (Å²) < 4.78 is 5.53. The molecule has 1 aromatic carbocycles. The molecular formula is C15H15ClN2O. The normalized spacial score (nSPS) is 28.4. The summed E-state index contributed by atoms with van der Waals surface area (Å²) in [4.78, 5) is 0. The van der Waals surface area contributed by atoms with Gasteiger partial charge >= 0.3 is 0 Å². The lowest BCUT2D eigenvalue weighted by Gasteiger charge is -2.06. The van der Waals surface area contributed by atoms with E-state index in [2.05, 4.69) is 5.16 Å². The zero-order valence-electron chi connectivity index (χ0n) is 10.5. The lowest BCUT2D eigenvalue weighted by molar-refractivity contribution is 0.376. The first kappa shape index (κ1) is 11.4. The van der Waals surface area contributed by atoms with Gasteiger partial charge in [-0.2, -0.15) is 0 Å². The first-order chi connectivity index (χ1) is 9.27. The number of rotatable bonds is 2. The van der Waals surface area contributed by atoms with Crippen LogP contribution < -0.4 is 5.73 Å². The fourth-order valence-electron chi connectivity index (χ4n) is 3.69. The fourth-order valence-corrected chi connectivity index (χ4v) is 3.92. The molecule has 0 aliphatic heterocycles. The van der Waals surface area contributed by atoms with Gasteiger partial charge in [0.15, 0.2) is 5.82 Å². The Labute approximate surface area is 116 Å². The molecule has 2 saturated carbocycles. The van der Waals surface area contributed by atoms with E-state index in [1.165, 1.54) is 19.3 Å². The van der Waals surface area contributed by atoms with Gasteiger partial charge in [-0.15, -0.1) is 0 Å². The number of benzene rings is 1. The molecule has 2 fully saturated rings. The smallest absolute Gasteiger partial charge is 0.175 e. The van der Waals surface area contributed by atoms with Crippen LogP contribution in [0.15, 0.2) is 28.8 Å². The van der Waals surface area contributed by atoms with E-state index in [4.69, 9.17) is 21.9 Å². The molecule has 4 rings (SSSR count). The molecule has 4 heteroatoms. The number of anilines is 1. The van der Waals surface area contributed by atoms with Crippen molar-refractivity contribution in [3.63, 3.8) is 0 Å². The van der Waals surface area contributed by atoms with Gasteiger partial charge in [-0.25, -0.2) is 0 Å². The molecule has 0 radical (unpaired) electrons. The topological polar surface area (TPSA) is 52.0 Å². The van der Waals surface area contributed by atoms with Crippen molar-refractivity contribution in [3.05, 3.63) is 35.0 Å². The summed E-state index contributed by atoms with van der Waals surface area (Å²) in [7, 11) is 0. The summed E-state index contributed by atoms with van der Waals surface area (Å²) in [5.41, 5.74) is 7.84. The Balaban J connectivity index is 1.80. The minimum atomic E-state index is 0.452. The van der Waals surface area contributed by atoms with Crippen LogP contribution in [0.1, 0.15) is 30.9 Å². The summed E-state index contributed by atoms with van der Waals surface area (Å²) in [5, 5.41) is 4.67. The molecule has 0 saturated heterocycles. The van der Waals surface area contributed by atoms with Crippen LogP contribution in [0.2, 0.25) is 5.02 Å². The molecule has 3 nitrogen and oxygen atoms in total. The van der Waals surface area contributed by atoms with Crippen molar-refractivity contribution in [3.8, 4) is 11.1 Å². The number of nitrogen functional groups attached to an aromatic ring is 1. The second kappa shape index (κ2) is 4.01. The van der Waals surface area contributed by atoms with E-state index >= 15 is 0 Å². The standard InChI is InChI=1S/C15H15ClN2O/c16-11-7-2-1-4-10(11)13-14(19-18-15(13)17)12-8-5-3-6-9(8)12/h1-2,4,7-9,12H,3,5-6H2,(H2,17,18). The van der Waals surface area contributed by atoms with Crippen molar-refractivity contribution in [2.75, 3.05) is 5.73 Å². The van der Waals surface area contributed by atoms with E-state index in [0.29, 0.717) is 16.8 Å². The average Bonchev–Trinajstić information content (AvgIpc) is 2.78. The van der Waals surface area contributed by atoms with E-state index < -0.39 is 0 Å². The second-order valence-electron chi connectivity index (χ2n) is 5.57. The molecule has 2 aliphatic rings. The van der Waals surface area contributed by atoms with E-state index in [0.717, 1.165) is 28.7 Å². The average molecular weight is 275 g/mol. The molecule has 98 valence electrons. The van der Waals surface area contributed by atoms with Crippen molar-refractivity contribution in [1.29, 1.82) is 0 Å². The highest BCUT2D eigenvalue weighted by molar-refractivity contribution is 6.33. The van der Waals surface area contributed by atoms with Crippen LogP contribution in [0.4, 0.5) is 5.82 Å². The molecule has 2 aromatic rings. The van der Waals surface area contributed by atoms with Crippen molar-refractivity contribution < 1.29 is 4.52 Å². The van der Waals surface area contributed by atoms with Gasteiger partial charge in [-0.3, -0.25) is 0 Å². The molecule has 2 atom stereocenters. The Morgan fingerprint density at radius 1 is 1.21 bits per heavy atom. The summed E-state index contributed by atoms with van der Waals surface area (Å²) in [5.74, 6) is 3.44. The van der Waals surface area contributed by atoms with Gasteiger partial charge < -0.3 is 10.3 Å². The van der Waals surface area contributed by atoms with Gasteiger partial charge in [0, 0.05) is 16.5 Å². The molecule has 0 bridgehead atoms. The third-order valence-electron chi connectivity index (χ3n) is 4.60. The monoisotopic (exact) mass is 274 g/mol. The van der Waals surface area contributed by atoms with Gasteiger partial charge in [-0.1, -0.05) is 41.4 Å². The highest BCUT2D eigenvalue weighted by atomic mass is 35.5. The van der Waals surface area contributed by atoms with Crippen LogP contribution in [0.3, 0.4) is 0 Å². The van der Waals surface area contributed by atoms with E-state index in [1.54, 1.807) is 0 Å². The largest absolute Gasteiger partial charge is 0.380 e. The van der Waals surface area contributed by atoms with Gasteiger partial charge in [-0.05, 0) is 30.7 Å². The van der Waals surface area contributed by atoms with Crippen LogP contribution >= 0.6 is 11.6 Å². The fraction of sp³-hybridized carbons (Fsp3) is 0.400. The van der Waals surface area contributed by atoms with Crippen molar-refractivity contribution in [2.45, 2.75) is 25.2 Å². The molecule has 2 N–H and O–H groups in total. The minimum absolute atomic E-state index is 0.452. The number of nitrogens with zero attached hydrogens (tertiary/aromatic N) is 1. The second-order valence-corrected chi connectivity index (χ2v) is 5.98. The van der Waals surface area contributed by atoms with Gasteiger partial charge in [0.1, 0.15) is 5.76 Å². The van der Waals surface area contributed by atoms with Gasteiger partial charge in [0.2, 0.25) is 0 Å². The maximum absolute atomic E-state index is 6.28. The maximum atomic E-state index is 6.28. The molecule has 0 amide bonds. The van der Waals surface area contributed by atoms with Crippen LogP contribution in [0.25, 0.3) is 11.1 Å². The highest BCUT2D eigenvalue weighted by Gasteiger charge is 2.56. The van der Waals surface area contributed by atoms with Crippen molar-refractivity contribution in [1.82, 2.24) is 5.16 Å². The summed E-state index contributed by atoms with van der Waals surface area (Å²) in [6.07, 6.45) is 3.95. The number of hydrogen-bond acceptors (Lipinski definition) is 3. The number of nitrogens with two attached hydrogens (primary N) is 1. The summed E-state index contributed by atoms with van der Waals surface area (Å²) in [6.45, 7) is 0. The van der Waals surface area contributed by atoms with Gasteiger partial charge in [0.05, 0.1) is 5.56 Å². The van der Waals surface area contributed by atoms with E-state index in [9.17, 15) is 0 Å². The third-order valence-corrected chi connectivity index (χ3v) is 4.93. The Hall–Kier alpha value is -1.48. The predicted molar refractivity (Wildman–Crippen MR) is 74.9 cm³/mol. The summed E-state index contributed by atoms with van der Waals surface area (Å²) in [6, 6.07) is 7.74. The molecular weight excluding hydrogens is 260 g/mol. The van der Waals surface area contributed by atoms with Crippen LogP contribution in [0, 0.1) is 11.8 Å². The molecule has 2 unspecified atom stereocenters. The van der Waals surface area contributed by atoms with Crippen molar-refractivity contribution >= 4 is 17.4 Å². The summed E-state index contributed by atoms with van der Waals surface area (Å²) >= 11 is 6.28. The maximum Gasteiger partial charge on any atom is 0.175 e. The van der Waals surface area contributed by atoms with Crippen molar-refractivity contribution in [2.24, 2.45) is 11.8 Å². The predicted octanol–water partition coefficient (Wildman–Crippen LogP) is 4.09. The van der Waals surface area contributed by atoms with Crippen LogP contribution in [-0.4, -0.2) is 5.16 Å². The van der Waals surface area contributed by atoms with E-state index in [-0.39, 0.29) is 0 Å². The Morgan fingerprint density at radius 2 is 1.95 bits per heavy atom. The first-order valence-corrected chi connectivity index (χ1v) is 7.15. The third kappa shape index (κ3) is 1.61. The number of fused-ring (bicyclic) bond motifs is 1. The quantitative estimate of drug-likeness (QED) is 0.897. The number of hydrogen-bond donors (Lipinski definition) is 1. The van der Waals surface area contributed by atoms with Crippen LogP contribution in [-0.2, 0) is 0 Å². The highest BCUT2D eigenvalue weighted by Crippen LogP contribution is 2.64. The molecule has 2 aliphatic carbocycles. The number of halogens is 1. The van der Waals surface area contributed by atoms with Crippen LogP contribution in [0.5, 0.6) is 0 Å². The molecule has 19 heavy (non-hydrogen) atoms. The zero-order chi connectivity index (χ0) is 13.0. The Kier molecular flexibility index (Phi) is 2.39. The van der Waals surface area contributed by atoms with Gasteiger partial charge in [0.25, 0.3) is 0 Å². The lowest BCUT2D eigenvalue weighted by atomic mass is 10.0. The molecule has 1 heterocycles.